The molecule has 0 aromatic rings. The minimum atomic E-state index is -1.02. The zero-order chi connectivity index (χ0) is 10.3. The van der Waals surface area contributed by atoms with Gasteiger partial charge in [0.25, 0.3) is 0 Å². The highest BCUT2D eigenvalue weighted by Gasteiger charge is 2.25. The summed E-state index contributed by atoms with van der Waals surface area (Å²) >= 11 is 4.22. The fourth-order valence-corrected chi connectivity index (χ4v) is 1.58. The van der Waals surface area contributed by atoms with Gasteiger partial charge in [0.15, 0.2) is 0 Å². The van der Waals surface area contributed by atoms with Crippen molar-refractivity contribution in [3.05, 3.63) is 0 Å². The fraction of sp³-hybridized carbons (Fsp3) is 0.900. The van der Waals surface area contributed by atoms with Gasteiger partial charge in [-0.3, -0.25) is 0 Å². The summed E-state index contributed by atoms with van der Waals surface area (Å²) in [5.41, 5.74) is 0. The molecule has 0 amide bonds. The highest BCUT2D eigenvalue weighted by Crippen LogP contribution is 2.27. The quantitative estimate of drug-likeness (QED) is 0.641. The number of aliphatic carboxylic acids is 1. The van der Waals surface area contributed by atoms with Gasteiger partial charge in [-0.2, -0.15) is 12.6 Å². The predicted molar refractivity (Wildman–Crippen MR) is 55.8 cm³/mol. The minimum Gasteiger partial charge on any atom is -0.549 e. The first-order valence-corrected chi connectivity index (χ1v) is 5.45. The summed E-state index contributed by atoms with van der Waals surface area (Å²) in [5, 5.41) is 10.8. The summed E-state index contributed by atoms with van der Waals surface area (Å²) in [7, 11) is 0. The third-order valence-electron chi connectivity index (χ3n) is 2.27. The summed E-state index contributed by atoms with van der Waals surface area (Å²) in [6.07, 6.45) is 5.05. The molecule has 0 saturated heterocycles. The van der Waals surface area contributed by atoms with Crippen molar-refractivity contribution in [2.45, 2.75) is 57.1 Å². The molecule has 13 heavy (non-hydrogen) atoms. The van der Waals surface area contributed by atoms with E-state index >= 15 is 0 Å². The Morgan fingerprint density at radius 1 is 1.23 bits per heavy atom. The fourth-order valence-electron chi connectivity index (χ4n) is 1.27. The third-order valence-corrected chi connectivity index (χ3v) is 2.90. The van der Waals surface area contributed by atoms with Crippen LogP contribution < -0.4 is 5.11 Å². The molecular formula is C10H19O2S-. The van der Waals surface area contributed by atoms with E-state index in [4.69, 9.17) is 0 Å². The molecule has 2 nitrogen and oxygen atoms in total. The normalized spacial score (nSPS) is 11.6. The molecule has 3 heteroatoms. The van der Waals surface area contributed by atoms with Crippen molar-refractivity contribution in [2.24, 2.45) is 0 Å². The molecule has 0 radical (unpaired) electrons. The van der Waals surface area contributed by atoms with Crippen molar-refractivity contribution in [1.29, 1.82) is 0 Å². The highest BCUT2D eigenvalue weighted by atomic mass is 32.1. The van der Waals surface area contributed by atoms with Gasteiger partial charge >= 0.3 is 0 Å². The van der Waals surface area contributed by atoms with Crippen molar-refractivity contribution in [3.63, 3.8) is 0 Å². The van der Waals surface area contributed by atoms with E-state index in [-0.39, 0.29) is 0 Å². The molecule has 0 aromatic heterocycles. The Balaban J connectivity index is 4.08. The Morgan fingerprint density at radius 3 is 1.85 bits per heavy atom. The Labute approximate surface area is 86.1 Å². The van der Waals surface area contributed by atoms with Crippen molar-refractivity contribution in [1.82, 2.24) is 0 Å². The van der Waals surface area contributed by atoms with Crippen LogP contribution in [0, 0.1) is 0 Å². The Bertz CT molecular complexity index is 149. The standard InChI is InChI=1S/C10H20O2S/c1-3-5-7-10(13,9(11)12)8-6-4-2/h13H,3-8H2,1-2H3,(H,11,12)/p-1. The Kier molecular flexibility index (Phi) is 6.21. The van der Waals surface area contributed by atoms with Crippen molar-refractivity contribution >= 4 is 18.6 Å². The number of carboxylic acid groups (broad SMARTS) is 1. The molecule has 0 unspecified atom stereocenters. The van der Waals surface area contributed by atoms with Gasteiger partial charge in [0, 0.05) is 0 Å². The first-order chi connectivity index (χ1) is 6.06. The molecule has 0 aliphatic carbocycles. The number of carbonyl (C=O) groups excluding carboxylic acids is 1. The van der Waals surface area contributed by atoms with Gasteiger partial charge in [-0.05, 0) is 12.8 Å². The second-order valence-electron chi connectivity index (χ2n) is 3.53. The average molecular weight is 203 g/mol. The van der Waals surface area contributed by atoms with E-state index in [1.54, 1.807) is 0 Å². The summed E-state index contributed by atoms with van der Waals surface area (Å²) in [5.74, 6) is -1.02. The lowest BCUT2D eigenvalue weighted by Gasteiger charge is -2.29. The van der Waals surface area contributed by atoms with Gasteiger partial charge < -0.3 is 9.90 Å². The van der Waals surface area contributed by atoms with Gasteiger partial charge in [-0.25, -0.2) is 0 Å². The zero-order valence-corrected chi connectivity index (χ0v) is 9.40. The lowest BCUT2D eigenvalue weighted by Crippen LogP contribution is -2.44. The molecule has 0 aliphatic heterocycles. The number of unbranched alkanes of at least 4 members (excludes halogenated alkanes) is 2. The van der Waals surface area contributed by atoms with E-state index in [0.29, 0.717) is 12.8 Å². The SMILES string of the molecule is CCCCC(S)(CCCC)C(=O)[O-]. The van der Waals surface area contributed by atoms with Crippen LogP contribution in [0.3, 0.4) is 0 Å². The van der Waals surface area contributed by atoms with Crippen molar-refractivity contribution in [3.8, 4) is 0 Å². The van der Waals surface area contributed by atoms with E-state index < -0.39 is 10.7 Å². The molecular weight excluding hydrogens is 184 g/mol. The van der Waals surface area contributed by atoms with Crippen LogP contribution in [0.4, 0.5) is 0 Å². The maximum Gasteiger partial charge on any atom is 0.0572 e. The molecule has 0 aliphatic rings. The second kappa shape index (κ2) is 6.30. The van der Waals surface area contributed by atoms with Crippen LogP contribution in [0.15, 0.2) is 0 Å². The van der Waals surface area contributed by atoms with Crippen molar-refractivity contribution in [2.75, 3.05) is 0 Å². The molecule has 0 N–H and O–H groups in total. The number of carboxylic acids is 1. The highest BCUT2D eigenvalue weighted by molar-refractivity contribution is 7.82. The number of thiol groups is 1. The molecule has 0 aromatic carbocycles. The van der Waals surface area contributed by atoms with E-state index in [2.05, 4.69) is 12.6 Å². The predicted octanol–water partition coefficient (Wildman–Crippen LogP) is 1.79. The Hall–Kier alpha value is -0.180. The lowest BCUT2D eigenvalue weighted by atomic mass is 9.95. The molecule has 0 rings (SSSR count). The average Bonchev–Trinajstić information content (AvgIpc) is 2.11. The van der Waals surface area contributed by atoms with Crippen LogP contribution in [0.25, 0.3) is 0 Å². The third kappa shape index (κ3) is 4.55. The van der Waals surface area contributed by atoms with Crippen LogP contribution in [-0.4, -0.2) is 10.7 Å². The number of rotatable bonds is 7. The maximum atomic E-state index is 10.8. The van der Waals surface area contributed by atoms with E-state index in [9.17, 15) is 9.90 Å². The molecule has 0 fully saturated rings. The van der Waals surface area contributed by atoms with E-state index in [0.717, 1.165) is 25.7 Å². The van der Waals surface area contributed by atoms with Crippen molar-refractivity contribution < 1.29 is 9.90 Å². The molecule has 0 spiro atoms. The Morgan fingerprint density at radius 2 is 1.62 bits per heavy atom. The smallest absolute Gasteiger partial charge is 0.0572 e. The van der Waals surface area contributed by atoms with Crippen LogP contribution in [0.2, 0.25) is 0 Å². The number of carbonyl (C=O) groups is 1. The van der Waals surface area contributed by atoms with E-state index in [1.165, 1.54) is 0 Å². The van der Waals surface area contributed by atoms with Gasteiger partial charge in [-0.1, -0.05) is 39.5 Å². The zero-order valence-electron chi connectivity index (χ0n) is 8.51. The van der Waals surface area contributed by atoms with Crippen LogP contribution in [0.5, 0.6) is 0 Å². The molecule has 0 saturated carbocycles. The monoisotopic (exact) mass is 203 g/mol. The molecule has 0 atom stereocenters. The summed E-state index contributed by atoms with van der Waals surface area (Å²) in [6, 6.07) is 0. The maximum absolute atomic E-state index is 10.8. The van der Waals surface area contributed by atoms with Gasteiger partial charge in [0.1, 0.15) is 0 Å². The molecule has 0 bridgehead atoms. The number of hydrogen-bond donors (Lipinski definition) is 1. The molecule has 0 heterocycles. The topological polar surface area (TPSA) is 40.1 Å². The summed E-state index contributed by atoms with van der Waals surface area (Å²) < 4.78 is -0.897. The second-order valence-corrected chi connectivity index (χ2v) is 4.38. The largest absolute Gasteiger partial charge is 0.549 e. The number of hydrogen-bond acceptors (Lipinski definition) is 3. The van der Waals surface area contributed by atoms with Gasteiger partial charge in [0.2, 0.25) is 0 Å². The summed E-state index contributed by atoms with van der Waals surface area (Å²) in [6.45, 7) is 4.09. The lowest BCUT2D eigenvalue weighted by molar-refractivity contribution is -0.309. The first kappa shape index (κ1) is 12.8. The molecule has 78 valence electrons. The van der Waals surface area contributed by atoms with Crippen LogP contribution >= 0.6 is 12.6 Å². The minimum absolute atomic E-state index is 0.620. The van der Waals surface area contributed by atoms with Crippen LogP contribution in [-0.2, 0) is 4.79 Å². The van der Waals surface area contributed by atoms with E-state index in [1.807, 2.05) is 13.8 Å². The van der Waals surface area contributed by atoms with Gasteiger partial charge in [-0.15, -0.1) is 0 Å². The van der Waals surface area contributed by atoms with Crippen LogP contribution in [0.1, 0.15) is 52.4 Å². The first-order valence-electron chi connectivity index (χ1n) is 5.00. The summed E-state index contributed by atoms with van der Waals surface area (Å²) in [4.78, 5) is 10.8. The van der Waals surface area contributed by atoms with Gasteiger partial charge in [0.05, 0.1) is 10.7 Å².